The van der Waals surface area contributed by atoms with Crippen molar-refractivity contribution in [1.82, 2.24) is 0 Å². The number of ether oxygens (including phenoxy) is 1. The molecule has 0 radical (unpaired) electrons. The van der Waals surface area contributed by atoms with Crippen LogP contribution in [0.15, 0.2) is 35.2 Å². The van der Waals surface area contributed by atoms with Gasteiger partial charge in [0.25, 0.3) is 10.0 Å². The molecule has 1 aromatic carbocycles. The number of benzene rings is 1. The third-order valence-electron chi connectivity index (χ3n) is 2.65. The number of anilines is 1. The zero-order chi connectivity index (χ0) is 15.6. The molecule has 8 heteroatoms. The summed E-state index contributed by atoms with van der Waals surface area (Å²) in [6.07, 6.45) is 0. The predicted molar refractivity (Wildman–Crippen MR) is 82.7 cm³/mol. The van der Waals surface area contributed by atoms with Gasteiger partial charge in [0.1, 0.15) is 9.88 Å². The van der Waals surface area contributed by atoms with Gasteiger partial charge in [-0.05, 0) is 42.8 Å². The Bertz CT molecular complexity index is 766. The number of rotatable bonds is 4. The van der Waals surface area contributed by atoms with Crippen LogP contribution >= 0.6 is 22.9 Å². The van der Waals surface area contributed by atoms with Crippen LogP contribution in [0.4, 0.5) is 5.00 Å². The maximum Gasteiger partial charge on any atom is 0.348 e. The van der Waals surface area contributed by atoms with Gasteiger partial charge in [-0.2, -0.15) is 0 Å². The lowest BCUT2D eigenvalue weighted by Gasteiger charge is -2.05. The summed E-state index contributed by atoms with van der Waals surface area (Å²) in [4.78, 5) is 12.0. The van der Waals surface area contributed by atoms with Crippen molar-refractivity contribution in [2.75, 3.05) is 11.8 Å². The Morgan fingerprint density at radius 3 is 2.48 bits per heavy atom. The molecule has 0 aliphatic heterocycles. The van der Waals surface area contributed by atoms with Gasteiger partial charge < -0.3 is 4.74 Å². The fourth-order valence-electron chi connectivity index (χ4n) is 1.63. The average Bonchev–Trinajstić information content (AvgIpc) is 2.78. The molecule has 5 nitrogen and oxygen atoms in total. The number of esters is 1. The molecule has 0 atom stereocenters. The first-order valence-electron chi connectivity index (χ1n) is 5.80. The van der Waals surface area contributed by atoms with Gasteiger partial charge in [0.2, 0.25) is 0 Å². The van der Waals surface area contributed by atoms with Crippen LogP contribution in [0.3, 0.4) is 0 Å². The van der Waals surface area contributed by atoms with Crippen LogP contribution in [0.25, 0.3) is 0 Å². The van der Waals surface area contributed by atoms with Gasteiger partial charge in [0, 0.05) is 5.02 Å². The first-order chi connectivity index (χ1) is 9.83. The van der Waals surface area contributed by atoms with E-state index in [4.69, 9.17) is 11.6 Å². The normalized spacial score (nSPS) is 11.2. The minimum absolute atomic E-state index is 0.0950. The van der Waals surface area contributed by atoms with Crippen LogP contribution < -0.4 is 4.72 Å². The molecule has 21 heavy (non-hydrogen) atoms. The van der Waals surface area contributed by atoms with Crippen molar-refractivity contribution in [3.8, 4) is 0 Å². The lowest BCUT2D eigenvalue weighted by atomic mass is 10.3. The van der Waals surface area contributed by atoms with Crippen molar-refractivity contribution in [2.24, 2.45) is 0 Å². The fraction of sp³-hybridized carbons (Fsp3) is 0.154. The fourth-order valence-corrected chi connectivity index (χ4v) is 4.03. The number of carbonyl (C=O) groups excluding carboxylic acids is 1. The number of halogens is 1. The van der Waals surface area contributed by atoms with Crippen molar-refractivity contribution in [2.45, 2.75) is 11.8 Å². The summed E-state index contributed by atoms with van der Waals surface area (Å²) in [5.41, 5.74) is 0.653. The number of aryl methyl sites for hydroxylation is 1. The molecule has 1 N–H and O–H groups in total. The van der Waals surface area contributed by atoms with E-state index < -0.39 is 16.0 Å². The maximum atomic E-state index is 12.2. The molecular formula is C13H12ClNO4S2. The molecular weight excluding hydrogens is 334 g/mol. The largest absolute Gasteiger partial charge is 0.465 e. The third-order valence-corrected chi connectivity index (χ3v) is 5.54. The number of nitrogens with one attached hydrogen (secondary N) is 1. The van der Waals surface area contributed by atoms with Gasteiger partial charge in [0.05, 0.1) is 12.0 Å². The molecule has 112 valence electrons. The van der Waals surface area contributed by atoms with Crippen molar-refractivity contribution >= 4 is 43.9 Å². The molecule has 1 aromatic heterocycles. The molecule has 0 aliphatic rings. The van der Waals surface area contributed by atoms with E-state index in [1.54, 1.807) is 13.0 Å². The topological polar surface area (TPSA) is 72.5 Å². The van der Waals surface area contributed by atoms with Gasteiger partial charge in [-0.25, -0.2) is 13.2 Å². The molecule has 0 bridgehead atoms. The van der Waals surface area contributed by atoms with Crippen LogP contribution in [0.5, 0.6) is 0 Å². The van der Waals surface area contributed by atoms with Crippen molar-refractivity contribution in [3.63, 3.8) is 0 Å². The van der Waals surface area contributed by atoms with Crippen LogP contribution in [-0.2, 0) is 14.8 Å². The molecule has 0 saturated heterocycles. The lowest BCUT2D eigenvalue weighted by molar-refractivity contribution is 0.0605. The average molecular weight is 346 g/mol. The zero-order valence-corrected chi connectivity index (χ0v) is 13.6. The van der Waals surface area contributed by atoms with E-state index in [0.717, 1.165) is 11.3 Å². The van der Waals surface area contributed by atoms with Crippen molar-refractivity contribution < 1.29 is 17.9 Å². The smallest absolute Gasteiger partial charge is 0.348 e. The Balaban J connectivity index is 2.29. The molecule has 2 rings (SSSR count). The number of sulfonamides is 1. The molecule has 2 aromatic rings. The third kappa shape index (κ3) is 3.55. The highest BCUT2D eigenvalue weighted by Gasteiger charge is 2.19. The summed E-state index contributed by atoms with van der Waals surface area (Å²) in [6, 6.07) is 7.40. The summed E-state index contributed by atoms with van der Waals surface area (Å²) in [6.45, 7) is 1.71. The number of hydrogen-bond donors (Lipinski definition) is 1. The van der Waals surface area contributed by atoms with Crippen LogP contribution in [0.2, 0.25) is 5.02 Å². The Kier molecular flexibility index (Phi) is 4.55. The van der Waals surface area contributed by atoms with Crippen LogP contribution in [-0.4, -0.2) is 21.5 Å². The molecule has 0 aliphatic carbocycles. The Labute approximate surface area is 131 Å². The second-order valence-electron chi connectivity index (χ2n) is 4.17. The number of methoxy groups -OCH3 is 1. The Hall–Kier alpha value is -1.57. The van der Waals surface area contributed by atoms with Gasteiger partial charge in [0.15, 0.2) is 0 Å². The zero-order valence-electron chi connectivity index (χ0n) is 11.2. The lowest BCUT2D eigenvalue weighted by Crippen LogP contribution is -2.11. The van der Waals surface area contributed by atoms with Gasteiger partial charge >= 0.3 is 5.97 Å². The maximum absolute atomic E-state index is 12.2. The quantitative estimate of drug-likeness (QED) is 0.863. The summed E-state index contributed by atoms with van der Waals surface area (Å²) in [5, 5.41) is 0.803. The standard InChI is InChI=1S/C13H12ClNO4S2/c1-8-7-11(20-12(8)13(16)19-2)15-21(17,18)10-5-3-9(14)4-6-10/h3-7,15H,1-2H3. The van der Waals surface area contributed by atoms with E-state index in [9.17, 15) is 13.2 Å². The van der Waals surface area contributed by atoms with Gasteiger partial charge in [-0.15, -0.1) is 11.3 Å². The number of thiophene rings is 1. The van der Waals surface area contributed by atoms with E-state index in [2.05, 4.69) is 9.46 Å². The molecule has 0 spiro atoms. The first kappa shape index (κ1) is 15.8. The Morgan fingerprint density at radius 2 is 1.90 bits per heavy atom. The van der Waals surface area contributed by atoms with E-state index in [1.165, 1.54) is 31.4 Å². The van der Waals surface area contributed by atoms with Crippen LogP contribution in [0, 0.1) is 6.92 Å². The van der Waals surface area contributed by atoms with E-state index in [-0.39, 0.29) is 4.90 Å². The molecule has 0 fully saturated rings. The highest BCUT2D eigenvalue weighted by molar-refractivity contribution is 7.93. The van der Waals surface area contributed by atoms with E-state index >= 15 is 0 Å². The number of carbonyl (C=O) groups is 1. The van der Waals surface area contributed by atoms with E-state index in [0.29, 0.717) is 20.5 Å². The minimum Gasteiger partial charge on any atom is -0.465 e. The van der Waals surface area contributed by atoms with Crippen LogP contribution in [0.1, 0.15) is 15.2 Å². The molecule has 0 saturated carbocycles. The first-order valence-corrected chi connectivity index (χ1v) is 8.48. The number of hydrogen-bond acceptors (Lipinski definition) is 5. The molecule has 0 amide bonds. The monoisotopic (exact) mass is 345 g/mol. The highest BCUT2D eigenvalue weighted by atomic mass is 35.5. The summed E-state index contributed by atoms with van der Waals surface area (Å²) >= 11 is 6.76. The predicted octanol–water partition coefficient (Wildman–Crippen LogP) is 3.30. The summed E-state index contributed by atoms with van der Waals surface area (Å²) < 4.78 is 31.5. The van der Waals surface area contributed by atoms with E-state index in [1.807, 2.05) is 0 Å². The molecule has 1 heterocycles. The SMILES string of the molecule is COC(=O)c1sc(NS(=O)(=O)c2ccc(Cl)cc2)cc1C. The second kappa shape index (κ2) is 6.05. The minimum atomic E-state index is -3.72. The molecule has 0 unspecified atom stereocenters. The summed E-state index contributed by atoms with van der Waals surface area (Å²) in [5.74, 6) is -0.491. The van der Waals surface area contributed by atoms with Gasteiger partial charge in [-0.3, -0.25) is 4.72 Å². The van der Waals surface area contributed by atoms with Crippen molar-refractivity contribution in [3.05, 3.63) is 45.8 Å². The van der Waals surface area contributed by atoms with Gasteiger partial charge in [-0.1, -0.05) is 11.6 Å². The Morgan fingerprint density at radius 1 is 1.29 bits per heavy atom. The van der Waals surface area contributed by atoms with Crippen molar-refractivity contribution in [1.29, 1.82) is 0 Å². The highest BCUT2D eigenvalue weighted by Crippen LogP contribution is 2.29. The summed E-state index contributed by atoms with van der Waals surface area (Å²) in [7, 11) is -2.44. The second-order valence-corrected chi connectivity index (χ2v) is 7.34.